The number of carbonyl (C=O) groups excluding carboxylic acids is 1. The Bertz CT molecular complexity index is 348. The van der Waals surface area contributed by atoms with Gasteiger partial charge in [-0.25, -0.2) is 0 Å². The van der Waals surface area contributed by atoms with Gasteiger partial charge in [-0.05, 0) is 25.2 Å². The summed E-state index contributed by atoms with van der Waals surface area (Å²) >= 11 is 7.38. The van der Waals surface area contributed by atoms with Gasteiger partial charge in [0.05, 0.1) is 6.54 Å². The van der Waals surface area contributed by atoms with Gasteiger partial charge in [-0.15, -0.1) is 23.4 Å². The van der Waals surface area contributed by atoms with Crippen molar-refractivity contribution in [2.24, 2.45) is 5.92 Å². The van der Waals surface area contributed by atoms with Crippen molar-refractivity contribution in [1.82, 2.24) is 4.90 Å². The molecule has 0 aromatic heterocycles. The Balaban J connectivity index is 4.79. The molecule has 0 saturated carbocycles. The van der Waals surface area contributed by atoms with E-state index in [1.54, 1.807) is 29.3 Å². The third kappa shape index (κ3) is 8.95. The molecule has 4 heteroatoms. The van der Waals surface area contributed by atoms with Gasteiger partial charge in [0.1, 0.15) is 0 Å². The minimum Gasteiger partial charge on any atom is -0.334 e. The largest absolute Gasteiger partial charge is 0.334 e. The van der Waals surface area contributed by atoms with Crippen molar-refractivity contribution in [3.63, 3.8) is 0 Å². The van der Waals surface area contributed by atoms with E-state index < -0.39 is 0 Å². The molecule has 0 radical (unpaired) electrons. The highest BCUT2D eigenvalue weighted by Gasteiger charge is 2.14. The van der Waals surface area contributed by atoms with Crippen LogP contribution in [0.4, 0.5) is 0 Å². The minimum atomic E-state index is -0.131. The molecule has 1 atom stereocenters. The number of halogens is 1. The molecule has 0 spiro atoms. The normalized spacial score (nSPS) is 13.9. The van der Waals surface area contributed by atoms with Crippen LogP contribution in [0.25, 0.3) is 0 Å². The Morgan fingerprint density at radius 2 is 2.05 bits per heavy atom. The fraction of sp³-hybridized carbons (Fsp3) is 0.533. The molecule has 0 aromatic carbocycles. The third-order valence-corrected chi connectivity index (χ3v) is 3.28. The average molecular weight is 302 g/mol. The number of rotatable bonds is 8. The molecule has 1 amide bonds. The number of amides is 1. The summed E-state index contributed by atoms with van der Waals surface area (Å²) in [4.78, 5) is 15.1. The van der Waals surface area contributed by atoms with E-state index in [9.17, 15) is 4.79 Å². The molecule has 0 aliphatic heterocycles. The van der Waals surface area contributed by atoms with Crippen molar-refractivity contribution in [3.05, 3.63) is 35.1 Å². The second kappa shape index (κ2) is 10.2. The topological polar surface area (TPSA) is 20.3 Å². The van der Waals surface area contributed by atoms with E-state index in [-0.39, 0.29) is 11.3 Å². The van der Waals surface area contributed by atoms with Crippen LogP contribution >= 0.6 is 23.4 Å². The van der Waals surface area contributed by atoms with Crippen molar-refractivity contribution in [1.29, 1.82) is 0 Å². The van der Waals surface area contributed by atoms with Crippen LogP contribution in [0.2, 0.25) is 0 Å². The van der Waals surface area contributed by atoms with Gasteiger partial charge in [0.25, 0.3) is 0 Å². The molecule has 2 nitrogen and oxygen atoms in total. The van der Waals surface area contributed by atoms with E-state index in [4.69, 9.17) is 11.6 Å². The molecular formula is C15H24ClNOS. The summed E-state index contributed by atoms with van der Waals surface area (Å²) in [7, 11) is 0. The van der Waals surface area contributed by atoms with Crippen molar-refractivity contribution >= 4 is 29.3 Å². The second-order valence-electron chi connectivity index (χ2n) is 4.69. The standard InChI is InChI=1S/C15H24ClNOS/c1-6-14(19-7-2)11-17(10-12(3)4)15(18)9-8-13(5)16/h6-9,12-13H,2,10-11H2,1,3-5H3/b9-8+,14-6-. The zero-order valence-corrected chi connectivity index (χ0v) is 13.8. The molecule has 0 saturated heterocycles. The van der Waals surface area contributed by atoms with Gasteiger partial charge in [-0.1, -0.05) is 32.6 Å². The predicted octanol–water partition coefficient (Wildman–Crippen LogP) is 4.44. The highest BCUT2D eigenvalue weighted by molar-refractivity contribution is 8.05. The number of thioether (sulfide) groups is 1. The fourth-order valence-electron chi connectivity index (χ4n) is 1.49. The lowest BCUT2D eigenvalue weighted by Crippen LogP contribution is -2.34. The maximum absolute atomic E-state index is 12.2. The van der Waals surface area contributed by atoms with Crippen LogP contribution in [0.1, 0.15) is 27.7 Å². The van der Waals surface area contributed by atoms with E-state index in [1.807, 2.05) is 24.8 Å². The molecule has 0 bridgehead atoms. The van der Waals surface area contributed by atoms with Crippen LogP contribution in [0.5, 0.6) is 0 Å². The van der Waals surface area contributed by atoms with Gasteiger partial charge in [-0.3, -0.25) is 4.79 Å². The first kappa shape index (κ1) is 18.3. The summed E-state index contributed by atoms with van der Waals surface area (Å²) in [6.45, 7) is 13.1. The number of nitrogens with zero attached hydrogens (tertiary/aromatic N) is 1. The summed E-state index contributed by atoms with van der Waals surface area (Å²) in [6, 6.07) is 0. The summed E-state index contributed by atoms with van der Waals surface area (Å²) in [5.74, 6) is 0.433. The van der Waals surface area contributed by atoms with Crippen molar-refractivity contribution in [2.45, 2.75) is 33.1 Å². The molecular weight excluding hydrogens is 278 g/mol. The summed E-state index contributed by atoms with van der Waals surface area (Å²) < 4.78 is 0. The smallest absolute Gasteiger partial charge is 0.246 e. The quantitative estimate of drug-likeness (QED) is 0.488. The van der Waals surface area contributed by atoms with E-state index in [2.05, 4.69) is 20.4 Å². The number of hydrogen-bond donors (Lipinski definition) is 0. The number of hydrogen-bond acceptors (Lipinski definition) is 2. The van der Waals surface area contributed by atoms with Crippen LogP contribution in [0, 0.1) is 5.92 Å². The van der Waals surface area contributed by atoms with Gasteiger partial charge in [-0.2, -0.15) is 0 Å². The van der Waals surface area contributed by atoms with E-state index in [0.717, 1.165) is 11.4 Å². The molecule has 19 heavy (non-hydrogen) atoms. The molecule has 0 N–H and O–H groups in total. The maximum Gasteiger partial charge on any atom is 0.246 e. The number of carbonyl (C=O) groups is 1. The van der Waals surface area contributed by atoms with Crippen LogP contribution in [0.3, 0.4) is 0 Å². The predicted molar refractivity (Wildman–Crippen MR) is 87.4 cm³/mol. The first-order chi connectivity index (χ1) is 8.90. The van der Waals surface area contributed by atoms with Crippen molar-refractivity contribution in [3.8, 4) is 0 Å². The number of alkyl halides is 1. The summed E-state index contributed by atoms with van der Waals surface area (Å²) in [5, 5.41) is 1.65. The van der Waals surface area contributed by atoms with Crippen LogP contribution < -0.4 is 0 Å². The van der Waals surface area contributed by atoms with Crippen LogP contribution in [-0.4, -0.2) is 29.3 Å². The fourth-order valence-corrected chi connectivity index (χ4v) is 2.14. The van der Waals surface area contributed by atoms with Gasteiger partial charge in [0.15, 0.2) is 0 Å². The third-order valence-electron chi connectivity index (χ3n) is 2.30. The Morgan fingerprint density at radius 1 is 1.42 bits per heavy atom. The molecule has 0 aliphatic carbocycles. The monoisotopic (exact) mass is 301 g/mol. The lowest BCUT2D eigenvalue weighted by Gasteiger charge is -2.24. The van der Waals surface area contributed by atoms with Gasteiger partial charge in [0.2, 0.25) is 5.91 Å². The molecule has 0 heterocycles. The Morgan fingerprint density at radius 3 is 2.47 bits per heavy atom. The van der Waals surface area contributed by atoms with Crippen molar-refractivity contribution in [2.75, 3.05) is 13.1 Å². The Kier molecular flexibility index (Phi) is 9.80. The zero-order valence-electron chi connectivity index (χ0n) is 12.2. The first-order valence-corrected chi connectivity index (χ1v) is 7.76. The molecule has 0 rings (SSSR count). The minimum absolute atomic E-state index is 0.00483. The van der Waals surface area contributed by atoms with Crippen LogP contribution in [0.15, 0.2) is 35.1 Å². The summed E-state index contributed by atoms with van der Waals surface area (Å²) in [6.07, 6.45) is 5.29. The molecule has 1 unspecified atom stereocenters. The average Bonchev–Trinajstić information content (AvgIpc) is 2.33. The van der Waals surface area contributed by atoms with E-state index in [0.29, 0.717) is 12.5 Å². The molecule has 108 valence electrons. The highest BCUT2D eigenvalue weighted by atomic mass is 35.5. The Hall–Kier alpha value is -0.670. The summed E-state index contributed by atoms with van der Waals surface area (Å²) in [5.41, 5.74) is 0. The molecule has 0 aromatic rings. The van der Waals surface area contributed by atoms with E-state index in [1.165, 1.54) is 0 Å². The SMILES string of the molecule is C=CS/C(=C\C)CN(CC(C)C)C(=O)/C=C/C(C)Cl. The molecule has 0 fully saturated rings. The van der Waals surface area contributed by atoms with Crippen molar-refractivity contribution < 1.29 is 4.79 Å². The Labute approximate surface area is 126 Å². The maximum atomic E-state index is 12.2. The van der Waals surface area contributed by atoms with Gasteiger partial charge < -0.3 is 4.90 Å². The lowest BCUT2D eigenvalue weighted by atomic mass is 10.2. The van der Waals surface area contributed by atoms with Gasteiger partial charge >= 0.3 is 0 Å². The number of allylic oxidation sites excluding steroid dienone is 2. The first-order valence-electron chi connectivity index (χ1n) is 6.44. The highest BCUT2D eigenvalue weighted by Crippen LogP contribution is 2.18. The van der Waals surface area contributed by atoms with Crippen LogP contribution in [-0.2, 0) is 4.79 Å². The zero-order chi connectivity index (χ0) is 14.8. The van der Waals surface area contributed by atoms with E-state index >= 15 is 0 Å². The lowest BCUT2D eigenvalue weighted by molar-refractivity contribution is -0.126. The molecule has 0 aliphatic rings. The van der Waals surface area contributed by atoms with Gasteiger partial charge in [0, 0.05) is 22.9 Å². The second-order valence-corrected chi connectivity index (χ2v) is 6.47.